The standard InChI is InChI=1S/C23H17N3O5/c1-31-21-5-3-2-4-19(21)22-24-20(14-15-6-8-17(9-7-15)26(29)30)23(28)25(22)16-10-12-18(27)13-11-16/h2-14,27H,1H3/b20-14+. The van der Waals surface area contributed by atoms with E-state index >= 15 is 0 Å². The Morgan fingerprint density at radius 1 is 1.03 bits per heavy atom. The summed E-state index contributed by atoms with van der Waals surface area (Å²) in [7, 11) is 1.54. The van der Waals surface area contributed by atoms with E-state index in [0.717, 1.165) is 0 Å². The van der Waals surface area contributed by atoms with E-state index < -0.39 is 4.92 Å². The number of hydrogen-bond acceptors (Lipinski definition) is 6. The molecule has 8 nitrogen and oxygen atoms in total. The highest BCUT2D eigenvalue weighted by atomic mass is 16.6. The van der Waals surface area contributed by atoms with Gasteiger partial charge in [0.2, 0.25) is 0 Å². The number of nitro groups is 1. The molecule has 0 unspecified atom stereocenters. The maximum Gasteiger partial charge on any atom is 0.282 e. The minimum Gasteiger partial charge on any atom is -0.508 e. The summed E-state index contributed by atoms with van der Waals surface area (Å²) >= 11 is 0. The molecule has 0 spiro atoms. The van der Waals surface area contributed by atoms with Crippen LogP contribution >= 0.6 is 0 Å². The second-order valence-corrected chi connectivity index (χ2v) is 6.67. The Bertz CT molecular complexity index is 1210. The van der Waals surface area contributed by atoms with Gasteiger partial charge in [0.15, 0.2) is 5.84 Å². The fraction of sp³-hybridized carbons (Fsp3) is 0.0435. The monoisotopic (exact) mass is 415 g/mol. The molecule has 0 atom stereocenters. The third kappa shape index (κ3) is 3.86. The van der Waals surface area contributed by atoms with Crippen LogP contribution in [0.15, 0.2) is 83.5 Å². The Morgan fingerprint density at radius 3 is 2.35 bits per heavy atom. The van der Waals surface area contributed by atoms with Crippen molar-refractivity contribution in [1.29, 1.82) is 0 Å². The van der Waals surface area contributed by atoms with Gasteiger partial charge in [-0.2, -0.15) is 0 Å². The lowest BCUT2D eigenvalue weighted by molar-refractivity contribution is -0.384. The van der Waals surface area contributed by atoms with Crippen LogP contribution in [0.3, 0.4) is 0 Å². The topological polar surface area (TPSA) is 105 Å². The van der Waals surface area contributed by atoms with Crippen molar-refractivity contribution in [1.82, 2.24) is 0 Å². The summed E-state index contributed by atoms with van der Waals surface area (Å²) in [5, 5.41) is 20.5. The summed E-state index contributed by atoms with van der Waals surface area (Å²) in [5.74, 6) is 0.633. The highest BCUT2D eigenvalue weighted by Gasteiger charge is 2.33. The number of methoxy groups -OCH3 is 1. The first-order valence-electron chi connectivity index (χ1n) is 9.29. The lowest BCUT2D eigenvalue weighted by Crippen LogP contribution is -2.32. The molecule has 1 heterocycles. The van der Waals surface area contributed by atoms with Crippen molar-refractivity contribution in [3.63, 3.8) is 0 Å². The molecule has 0 saturated carbocycles. The van der Waals surface area contributed by atoms with Crippen LogP contribution in [0.2, 0.25) is 0 Å². The van der Waals surface area contributed by atoms with Gasteiger partial charge in [0, 0.05) is 12.1 Å². The highest BCUT2D eigenvalue weighted by Crippen LogP contribution is 2.32. The van der Waals surface area contributed by atoms with Gasteiger partial charge in [0.1, 0.15) is 17.2 Å². The zero-order chi connectivity index (χ0) is 22.0. The fourth-order valence-corrected chi connectivity index (χ4v) is 3.22. The quantitative estimate of drug-likeness (QED) is 0.383. The minimum atomic E-state index is -0.484. The molecule has 8 heteroatoms. The number of phenols is 1. The lowest BCUT2D eigenvalue weighted by Gasteiger charge is -2.19. The zero-order valence-corrected chi connectivity index (χ0v) is 16.4. The molecule has 0 saturated heterocycles. The normalized spacial score (nSPS) is 14.6. The second kappa shape index (κ2) is 8.11. The number of anilines is 1. The van der Waals surface area contributed by atoms with Gasteiger partial charge in [0.25, 0.3) is 11.6 Å². The number of amidine groups is 1. The smallest absolute Gasteiger partial charge is 0.282 e. The third-order valence-electron chi connectivity index (χ3n) is 4.72. The number of aromatic hydroxyl groups is 1. The molecule has 3 aromatic rings. The van der Waals surface area contributed by atoms with Crippen molar-refractivity contribution >= 4 is 29.2 Å². The molecule has 3 aromatic carbocycles. The van der Waals surface area contributed by atoms with Crippen LogP contribution < -0.4 is 9.64 Å². The van der Waals surface area contributed by atoms with Gasteiger partial charge >= 0.3 is 0 Å². The molecule has 0 radical (unpaired) electrons. The van der Waals surface area contributed by atoms with E-state index in [2.05, 4.69) is 4.99 Å². The lowest BCUT2D eigenvalue weighted by atomic mass is 10.1. The minimum absolute atomic E-state index is 0.0381. The van der Waals surface area contributed by atoms with Gasteiger partial charge in [-0.15, -0.1) is 0 Å². The van der Waals surface area contributed by atoms with Crippen LogP contribution in [0.5, 0.6) is 11.5 Å². The summed E-state index contributed by atoms with van der Waals surface area (Å²) in [6.07, 6.45) is 1.57. The number of nitrogens with zero attached hydrogens (tertiary/aromatic N) is 3. The molecule has 0 bridgehead atoms. The molecule has 0 aliphatic carbocycles. The first kappa shape index (κ1) is 19.8. The number of phenolic OH excluding ortho intramolecular Hbond substituents is 1. The van der Waals surface area contributed by atoms with Gasteiger partial charge in [-0.3, -0.25) is 19.8 Å². The average molecular weight is 415 g/mol. The maximum atomic E-state index is 13.3. The van der Waals surface area contributed by atoms with E-state index in [1.54, 1.807) is 42.5 Å². The molecule has 1 aliphatic rings. The fourth-order valence-electron chi connectivity index (χ4n) is 3.22. The summed E-state index contributed by atoms with van der Waals surface area (Å²) < 4.78 is 5.44. The van der Waals surface area contributed by atoms with Crippen molar-refractivity contribution in [3.05, 3.63) is 99.7 Å². The average Bonchev–Trinajstić information content (AvgIpc) is 3.10. The molecule has 31 heavy (non-hydrogen) atoms. The van der Waals surface area contributed by atoms with E-state index in [0.29, 0.717) is 28.4 Å². The number of nitro benzene ring substituents is 1. The first-order chi connectivity index (χ1) is 15.0. The van der Waals surface area contributed by atoms with Crippen molar-refractivity contribution in [2.45, 2.75) is 0 Å². The van der Waals surface area contributed by atoms with Crippen molar-refractivity contribution in [2.75, 3.05) is 12.0 Å². The van der Waals surface area contributed by atoms with Gasteiger partial charge in [0.05, 0.1) is 23.3 Å². The third-order valence-corrected chi connectivity index (χ3v) is 4.72. The highest BCUT2D eigenvalue weighted by molar-refractivity contribution is 6.33. The molecule has 4 rings (SSSR count). The molecule has 154 valence electrons. The SMILES string of the molecule is COc1ccccc1C1=N/C(=C/c2ccc([N+](=O)[O-])cc2)C(=O)N1c1ccc(O)cc1. The van der Waals surface area contributed by atoms with Crippen LogP contribution in [0, 0.1) is 10.1 Å². The molecule has 1 N–H and O–H groups in total. The number of amides is 1. The molecule has 1 aliphatic heterocycles. The number of carbonyl (C=O) groups is 1. The summed E-state index contributed by atoms with van der Waals surface area (Å²) in [4.78, 5) is 29.7. The van der Waals surface area contributed by atoms with Gasteiger partial charge in [-0.25, -0.2) is 4.99 Å². The first-order valence-corrected chi connectivity index (χ1v) is 9.29. The Labute approximate surface area is 177 Å². The van der Waals surface area contributed by atoms with Crippen molar-refractivity contribution < 1.29 is 19.6 Å². The number of carbonyl (C=O) groups excluding carboxylic acids is 1. The number of benzene rings is 3. The largest absolute Gasteiger partial charge is 0.508 e. The van der Waals surface area contributed by atoms with Gasteiger partial charge in [-0.05, 0) is 60.2 Å². The van der Waals surface area contributed by atoms with E-state index in [9.17, 15) is 20.0 Å². The molecular weight excluding hydrogens is 398 g/mol. The van der Waals surface area contributed by atoms with Gasteiger partial charge in [-0.1, -0.05) is 12.1 Å². The number of rotatable bonds is 5. The number of ether oxygens (including phenoxy) is 1. The predicted molar refractivity (Wildman–Crippen MR) is 116 cm³/mol. The Hall–Kier alpha value is -4.46. The number of hydrogen-bond donors (Lipinski definition) is 1. The second-order valence-electron chi connectivity index (χ2n) is 6.67. The Morgan fingerprint density at radius 2 is 1.71 bits per heavy atom. The van der Waals surface area contributed by atoms with E-state index in [1.807, 2.05) is 12.1 Å². The zero-order valence-electron chi connectivity index (χ0n) is 16.4. The molecular formula is C23H17N3O5. The van der Waals surface area contributed by atoms with E-state index in [-0.39, 0.29) is 23.0 Å². The van der Waals surface area contributed by atoms with E-state index in [4.69, 9.17) is 4.74 Å². The maximum absolute atomic E-state index is 13.3. The van der Waals surface area contributed by atoms with Crippen LogP contribution in [0.25, 0.3) is 6.08 Å². The number of non-ortho nitro benzene ring substituents is 1. The van der Waals surface area contributed by atoms with Crippen LogP contribution in [0.1, 0.15) is 11.1 Å². The van der Waals surface area contributed by atoms with E-state index in [1.165, 1.54) is 36.3 Å². The van der Waals surface area contributed by atoms with Gasteiger partial charge < -0.3 is 9.84 Å². The van der Waals surface area contributed by atoms with Crippen molar-refractivity contribution in [3.8, 4) is 11.5 Å². The summed E-state index contributed by atoms with van der Waals surface area (Å²) in [6, 6.07) is 19.3. The number of para-hydroxylation sites is 1. The van der Waals surface area contributed by atoms with Crippen LogP contribution in [-0.2, 0) is 4.79 Å². The molecule has 0 aromatic heterocycles. The molecule has 0 fully saturated rings. The van der Waals surface area contributed by atoms with Crippen molar-refractivity contribution in [2.24, 2.45) is 4.99 Å². The van der Waals surface area contributed by atoms with Crippen LogP contribution in [0.4, 0.5) is 11.4 Å². The predicted octanol–water partition coefficient (Wildman–Crippen LogP) is 4.14. The Kier molecular flexibility index (Phi) is 5.19. The number of aliphatic imine (C=N–C) groups is 1. The summed E-state index contributed by atoms with van der Waals surface area (Å²) in [6.45, 7) is 0. The summed E-state index contributed by atoms with van der Waals surface area (Å²) in [5.41, 5.74) is 1.88. The molecule has 1 amide bonds. The van der Waals surface area contributed by atoms with Crippen LogP contribution in [-0.4, -0.2) is 28.9 Å². The Balaban J connectivity index is 1.82.